The second-order valence-electron chi connectivity index (χ2n) is 5.98. The third-order valence-electron chi connectivity index (χ3n) is 3.65. The fraction of sp³-hybridized carbons (Fsp3) is 0.222. The predicted octanol–water partition coefficient (Wildman–Crippen LogP) is 1.93. The van der Waals surface area contributed by atoms with Crippen LogP contribution in [-0.4, -0.2) is 44.7 Å². The van der Waals surface area contributed by atoms with E-state index in [0.717, 1.165) is 8.78 Å². The third-order valence-corrected chi connectivity index (χ3v) is 5.96. The van der Waals surface area contributed by atoms with Gasteiger partial charge in [0.05, 0.1) is 4.90 Å². The molecular formula is C18H20BrN3O5S. The Morgan fingerprint density at radius 2 is 1.75 bits per heavy atom. The molecule has 0 saturated carbocycles. The average molecular weight is 470 g/mol. The van der Waals surface area contributed by atoms with Gasteiger partial charge in [0.2, 0.25) is 10.0 Å². The largest absolute Gasteiger partial charge is 0.481 e. The molecule has 0 saturated heterocycles. The van der Waals surface area contributed by atoms with Crippen molar-refractivity contribution < 1.29 is 22.7 Å². The van der Waals surface area contributed by atoms with Gasteiger partial charge < -0.3 is 4.74 Å². The summed E-state index contributed by atoms with van der Waals surface area (Å²) in [5.41, 5.74) is 4.60. The number of hydrogen-bond acceptors (Lipinski definition) is 5. The Morgan fingerprint density at radius 3 is 2.39 bits per heavy atom. The van der Waals surface area contributed by atoms with Crippen LogP contribution in [0.4, 0.5) is 0 Å². The number of sulfonamides is 1. The Bertz CT molecular complexity index is 979. The van der Waals surface area contributed by atoms with Gasteiger partial charge in [-0.15, -0.1) is 0 Å². The zero-order valence-electron chi connectivity index (χ0n) is 15.5. The Hall–Kier alpha value is -2.43. The number of amides is 2. The summed E-state index contributed by atoms with van der Waals surface area (Å²) in [5, 5.41) is 0. The minimum Gasteiger partial charge on any atom is -0.481 e. The number of hydrogen-bond donors (Lipinski definition) is 2. The van der Waals surface area contributed by atoms with E-state index in [1.54, 1.807) is 18.2 Å². The van der Waals surface area contributed by atoms with Gasteiger partial charge in [0.1, 0.15) is 5.75 Å². The lowest BCUT2D eigenvalue weighted by Crippen LogP contribution is -2.47. The Morgan fingerprint density at radius 1 is 1.07 bits per heavy atom. The molecule has 0 bridgehead atoms. The molecule has 0 fully saturated rings. The summed E-state index contributed by atoms with van der Waals surface area (Å²) in [4.78, 5) is 24.3. The zero-order chi connectivity index (χ0) is 20.9. The maximum atomic E-state index is 12.2. The van der Waals surface area contributed by atoms with Crippen LogP contribution >= 0.6 is 15.9 Å². The summed E-state index contributed by atoms with van der Waals surface area (Å²) in [7, 11) is -0.878. The normalized spacial score (nSPS) is 12.3. The van der Waals surface area contributed by atoms with Gasteiger partial charge >= 0.3 is 0 Å². The molecule has 2 rings (SSSR count). The molecule has 0 aliphatic rings. The lowest BCUT2D eigenvalue weighted by Gasteiger charge is -2.16. The molecule has 0 spiro atoms. The second kappa shape index (κ2) is 9.18. The van der Waals surface area contributed by atoms with Crippen molar-refractivity contribution in [3.63, 3.8) is 0 Å². The van der Waals surface area contributed by atoms with Crippen LogP contribution in [0.25, 0.3) is 0 Å². The monoisotopic (exact) mass is 469 g/mol. The molecule has 28 heavy (non-hydrogen) atoms. The van der Waals surface area contributed by atoms with Gasteiger partial charge in [-0.05, 0) is 43.3 Å². The number of nitrogens with one attached hydrogen (secondary N) is 2. The highest BCUT2D eigenvalue weighted by Crippen LogP contribution is 2.19. The molecule has 1 atom stereocenters. The number of benzene rings is 2. The van der Waals surface area contributed by atoms with E-state index in [2.05, 4.69) is 26.8 Å². The van der Waals surface area contributed by atoms with Gasteiger partial charge in [-0.1, -0.05) is 28.1 Å². The summed E-state index contributed by atoms with van der Waals surface area (Å²) >= 11 is 3.31. The standard InChI is InChI=1S/C18H20BrN3O5S/c1-12(27-15-8-5-7-14(19)11-15)17(23)20-21-18(24)13-6-4-9-16(10-13)28(25,26)22(2)3/h4-12H,1-3H3,(H,20,23)(H,21,24)/t12-/m0/s1. The maximum absolute atomic E-state index is 12.2. The van der Waals surface area contributed by atoms with Crippen LogP contribution in [-0.2, 0) is 14.8 Å². The number of ether oxygens (including phenoxy) is 1. The third kappa shape index (κ3) is 5.54. The predicted molar refractivity (Wildman–Crippen MR) is 107 cm³/mol. The fourth-order valence-corrected chi connectivity index (χ4v) is 3.43. The van der Waals surface area contributed by atoms with Crippen LogP contribution in [0.2, 0.25) is 0 Å². The number of hydrazine groups is 1. The SMILES string of the molecule is C[C@H](Oc1cccc(Br)c1)C(=O)NNC(=O)c1cccc(S(=O)(=O)N(C)C)c1. The van der Waals surface area contributed by atoms with Gasteiger partial charge in [0.25, 0.3) is 11.8 Å². The highest BCUT2D eigenvalue weighted by Gasteiger charge is 2.20. The molecule has 2 aromatic carbocycles. The highest BCUT2D eigenvalue weighted by atomic mass is 79.9. The molecule has 2 N–H and O–H groups in total. The first-order valence-electron chi connectivity index (χ1n) is 8.16. The summed E-state index contributed by atoms with van der Waals surface area (Å²) in [6.07, 6.45) is -0.866. The van der Waals surface area contributed by atoms with Gasteiger partial charge in [-0.3, -0.25) is 20.4 Å². The van der Waals surface area contributed by atoms with Crippen LogP contribution < -0.4 is 15.6 Å². The van der Waals surface area contributed by atoms with E-state index in [1.807, 2.05) is 6.07 Å². The smallest absolute Gasteiger partial charge is 0.279 e. The van der Waals surface area contributed by atoms with Crippen molar-refractivity contribution in [2.45, 2.75) is 17.9 Å². The number of carbonyl (C=O) groups is 2. The van der Waals surface area contributed by atoms with Gasteiger partial charge in [-0.25, -0.2) is 12.7 Å². The molecule has 8 nitrogen and oxygen atoms in total. The molecule has 0 unspecified atom stereocenters. The van der Waals surface area contributed by atoms with Crippen LogP contribution in [0.1, 0.15) is 17.3 Å². The number of rotatable bonds is 6. The first kappa shape index (κ1) is 21.9. The molecule has 0 aliphatic heterocycles. The van der Waals surface area contributed by atoms with Crippen molar-refractivity contribution in [3.8, 4) is 5.75 Å². The van der Waals surface area contributed by atoms with Crippen LogP contribution in [0.15, 0.2) is 57.9 Å². The zero-order valence-corrected chi connectivity index (χ0v) is 17.9. The summed E-state index contributed by atoms with van der Waals surface area (Å²) in [6, 6.07) is 12.5. The fourth-order valence-electron chi connectivity index (χ4n) is 2.10. The van der Waals surface area contributed by atoms with E-state index in [-0.39, 0.29) is 10.5 Å². The number of nitrogens with zero attached hydrogens (tertiary/aromatic N) is 1. The van der Waals surface area contributed by atoms with Crippen molar-refractivity contribution >= 4 is 37.8 Å². The topological polar surface area (TPSA) is 105 Å². The second-order valence-corrected chi connectivity index (χ2v) is 9.04. The molecule has 0 aromatic heterocycles. The van der Waals surface area contributed by atoms with E-state index in [0.29, 0.717) is 5.75 Å². The van der Waals surface area contributed by atoms with Gasteiger partial charge in [-0.2, -0.15) is 0 Å². The van der Waals surface area contributed by atoms with E-state index >= 15 is 0 Å². The minimum atomic E-state index is -3.67. The first-order chi connectivity index (χ1) is 13.1. The van der Waals surface area contributed by atoms with E-state index in [4.69, 9.17) is 4.74 Å². The van der Waals surface area contributed by atoms with Gasteiger partial charge in [0.15, 0.2) is 6.10 Å². The summed E-state index contributed by atoms with van der Waals surface area (Å²) < 4.78 is 31.7. The van der Waals surface area contributed by atoms with E-state index < -0.39 is 27.9 Å². The van der Waals surface area contributed by atoms with Crippen LogP contribution in [0, 0.1) is 0 Å². The molecule has 0 heterocycles. The van der Waals surface area contributed by atoms with Crippen LogP contribution in [0.5, 0.6) is 5.75 Å². The van der Waals surface area contributed by atoms with Crippen molar-refractivity contribution in [2.24, 2.45) is 0 Å². The van der Waals surface area contributed by atoms with Crippen molar-refractivity contribution in [1.82, 2.24) is 15.2 Å². The Kier molecular flexibility index (Phi) is 7.17. The molecule has 0 radical (unpaired) electrons. The summed E-state index contributed by atoms with van der Waals surface area (Å²) in [5.74, 6) is -0.728. The lowest BCUT2D eigenvalue weighted by atomic mass is 10.2. The maximum Gasteiger partial charge on any atom is 0.279 e. The molecule has 0 aliphatic carbocycles. The molecular weight excluding hydrogens is 450 g/mol. The van der Waals surface area contributed by atoms with E-state index in [9.17, 15) is 18.0 Å². The summed E-state index contributed by atoms with van der Waals surface area (Å²) in [6.45, 7) is 1.53. The van der Waals surface area contributed by atoms with Crippen molar-refractivity contribution in [2.75, 3.05) is 14.1 Å². The van der Waals surface area contributed by atoms with Crippen molar-refractivity contribution in [3.05, 3.63) is 58.6 Å². The highest BCUT2D eigenvalue weighted by molar-refractivity contribution is 9.10. The number of carbonyl (C=O) groups excluding carboxylic acids is 2. The Labute approximate surface area is 172 Å². The quantitative estimate of drug-likeness (QED) is 0.628. The van der Waals surface area contributed by atoms with Crippen molar-refractivity contribution in [1.29, 1.82) is 0 Å². The molecule has 2 aromatic rings. The molecule has 150 valence electrons. The minimum absolute atomic E-state index is 0.0252. The molecule has 10 heteroatoms. The van der Waals surface area contributed by atoms with E-state index in [1.165, 1.54) is 45.3 Å². The average Bonchev–Trinajstić information content (AvgIpc) is 2.65. The first-order valence-corrected chi connectivity index (χ1v) is 10.4. The number of halogens is 1. The van der Waals surface area contributed by atoms with Crippen LogP contribution in [0.3, 0.4) is 0 Å². The lowest BCUT2D eigenvalue weighted by molar-refractivity contribution is -0.128. The molecule has 2 amide bonds. The van der Waals surface area contributed by atoms with Gasteiger partial charge in [0, 0.05) is 24.1 Å². The Balaban J connectivity index is 1.99.